The minimum Gasteiger partial charge on any atom is -0.276 e. The molecule has 1 saturated heterocycles. The van der Waals surface area contributed by atoms with E-state index in [1.54, 1.807) is 0 Å². The van der Waals surface area contributed by atoms with Gasteiger partial charge in [-0.3, -0.25) is 4.18 Å². The lowest BCUT2D eigenvalue weighted by molar-refractivity contribution is 0.226. The van der Waals surface area contributed by atoms with Gasteiger partial charge in [-0.1, -0.05) is 30.3 Å². The molecule has 0 amide bonds. The zero-order valence-corrected chi connectivity index (χ0v) is 10.5. The summed E-state index contributed by atoms with van der Waals surface area (Å²) in [7, 11) is 0. The van der Waals surface area contributed by atoms with Crippen LogP contribution < -0.4 is 0 Å². The van der Waals surface area contributed by atoms with Gasteiger partial charge in [0.25, 0.3) is 0 Å². The van der Waals surface area contributed by atoms with Crippen LogP contribution in [0.15, 0.2) is 30.3 Å². The van der Waals surface area contributed by atoms with E-state index in [1.807, 2.05) is 22.5 Å². The Morgan fingerprint density at radius 2 is 2.06 bits per heavy atom. The fraction of sp³-hybridized carbons (Fsp3) is 0.500. The van der Waals surface area contributed by atoms with Crippen LogP contribution in [0.2, 0.25) is 0 Å². The molecule has 1 fully saturated rings. The summed E-state index contributed by atoms with van der Waals surface area (Å²) >= 11 is -1.27. The van der Waals surface area contributed by atoms with Crippen molar-refractivity contribution in [1.82, 2.24) is 4.31 Å². The molecule has 0 aromatic heterocycles. The lowest BCUT2D eigenvalue weighted by Gasteiger charge is -2.26. The maximum atomic E-state index is 11.6. The van der Waals surface area contributed by atoms with Gasteiger partial charge >= 0.3 is 0 Å². The summed E-state index contributed by atoms with van der Waals surface area (Å²) < 4.78 is 18.7. The van der Waals surface area contributed by atoms with Crippen LogP contribution in [0, 0.1) is 0 Å². The Morgan fingerprint density at radius 1 is 1.38 bits per heavy atom. The normalized spacial score (nSPS) is 24.8. The van der Waals surface area contributed by atoms with Gasteiger partial charge in [-0.2, -0.15) is 4.31 Å². The monoisotopic (exact) mass is 239 g/mol. The van der Waals surface area contributed by atoms with E-state index in [9.17, 15) is 4.21 Å². The molecule has 0 spiro atoms. The van der Waals surface area contributed by atoms with Crippen molar-refractivity contribution in [2.75, 3.05) is 13.2 Å². The standard InChI is InChI=1S/C12H17NO2S/c1-12(2)10-15-16(14)13(12)9-8-11-6-4-3-5-7-11/h3-7H,8-10H2,1-2H3. The second kappa shape index (κ2) is 4.65. The fourth-order valence-corrected chi connectivity index (χ4v) is 3.00. The summed E-state index contributed by atoms with van der Waals surface area (Å²) in [6, 6.07) is 10.2. The highest BCUT2D eigenvalue weighted by Gasteiger charge is 2.38. The molecular weight excluding hydrogens is 222 g/mol. The molecular formula is C12H17NO2S. The largest absolute Gasteiger partial charge is 0.276 e. The van der Waals surface area contributed by atoms with E-state index < -0.39 is 11.3 Å². The Bertz CT molecular complexity index is 378. The molecule has 4 heteroatoms. The Balaban J connectivity index is 1.98. The molecule has 0 aliphatic carbocycles. The van der Waals surface area contributed by atoms with Crippen LogP contribution in [0.4, 0.5) is 0 Å². The predicted octanol–water partition coefficient (Wildman–Crippen LogP) is 1.92. The van der Waals surface area contributed by atoms with Gasteiger partial charge in [0.1, 0.15) is 0 Å². The second-order valence-corrected chi connectivity index (χ2v) is 5.74. The average Bonchev–Trinajstić information content (AvgIpc) is 2.52. The third kappa shape index (κ3) is 2.51. The predicted molar refractivity (Wildman–Crippen MR) is 65.0 cm³/mol. The molecule has 1 aliphatic heterocycles. The van der Waals surface area contributed by atoms with E-state index in [2.05, 4.69) is 26.0 Å². The molecule has 1 aromatic carbocycles. The first-order chi connectivity index (χ1) is 7.59. The lowest BCUT2D eigenvalue weighted by atomic mass is 10.1. The molecule has 1 heterocycles. The SMILES string of the molecule is CC1(C)COS(=O)N1CCc1ccccc1. The maximum absolute atomic E-state index is 11.6. The smallest absolute Gasteiger partial charge is 0.237 e. The van der Waals surface area contributed by atoms with E-state index in [-0.39, 0.29) is 5.54 Å². The van der Waals surface area contributed by atoms with E-state index in [0.29, 0.717) is 6.61 Å². The third-order valence-electron chi connectivity index (χ3n) is 2.81. The zero-order chi connectivity index (χ0) is 11.6. The quantitative estimate of drug-likeness (QED) is 0.806. The van der Waals surface area contributed by atoms with E-state index in [1.165, 1.54) is 5.56 Å². The van der Waals surface area contributed by atoms with Gasteiger partial charge in [0.2, 0.25) is 11.3 Å². The summed E-state index contributed by atoms with van der Waals surface area (Å²) in [5, 5.41) is 0. The van der Waals surface area contributed by atoms with Crippen molar-refractivity contribution in [2.24, 2.45) is 0 Å². The molecule has 1 aliphatic rings. The van der Waals surface area contributed by atoms with Crippen LogP contribution in [0.25, 0.3) is 0 Å². The Morgan fingerprint density at radius 3 is 2.62 bits per heavy atom. The van der Waals surface area contributed by atoms with Crippen molar-refractivity contribution >= 4 is 11.3 Å². The van der Waals surface area contributed by atoms with Crippen LogP contribution in [-0.2, 0) is 21.9 Å². The van der Waals surface area contributed by atoms with Gasteiger partial charge in [-0.25, -0.2) is 4.21 Å². The Labute approximate surface area is 99.2 Å². The maximum Gasteiger partial charge on any atom is 0.237 e. The summed E-state index contributed by atoms with van der Waals surface area (Å²) in [6.45, 7) is 5.42. The zero-order valence-electron chi connectivity index (χ0n) is 9.68. The van der Waals surface area contributed by atoms with Crippen molar-refractivity contribution in [2.45, 2.75) is 25.8 Å². The van der Waals surface area contributed by atoms with Crippen molar-refractivity contribution in [3.63, 3.8) is 0 Å². The molecule has 16 heavy (non-hydrogen) atoms. The molecule has 1 atom stereocenters. The Kier molecular flexibility index (Phi) is 3.42. The fourth-order valence-electron chi connectivity index (χ4n) is 1.78. The highest BCUT2D eigenvalue weighted by Crippen LogP contribution is 2.25. The molecule has 0 bridgehead atoms. The first kappa shape index (κ1) is 11.8. The minimum absolute atomic E-state index is 0.125. The van der Waals surface area contributed by atoms with Crippen LogP contribution in [-0.4, -0.2) is 27.2 Å². The Hall–Kier alpha value is -0.710. The van der Waals surface area contributed by atoms with Crippen molar-refractivity contribution in [3.05, 3.63) is 35.9 Å². The first-order valence-corrected chi connectivity index (χ1v) is 6.49. The van der Waals surface area contributed by atoms with Gasteiger partial charge in [-0.05, 0) is 25.8 Å². The minimum atomic E-state index is -1.27. The van der Waals surface area contributed by atoms with Gasteiger partial charge in [0, 0.05) is 6.54 Å². The van der Waals surface area contributed by atoms with Crippen molar-refractivity contribution < 1.29 is 8.39 Å². The highest BCUT2D eigenvalue weighted by atomic mass is 32.2. The van der Waals surface area contributed by atoms with Crippen LogP contribution in [0.3, 0.4) is 0 Å². The first-order valence-electron chi connectivity index (χ1n) is 5.46. The number of hydrogen-bond acceptors (Lipinski definition) is 2. The summed E-state index contributed by atoms with van der Waals surface area (Å²) in [5.74, 6) is 0. The molecule has 0 N–H and O–H groups in total. The van der Waals surface area contributed by atoms with Gasteiger partial charge in [0.15, 0.2) is 0 Å². The number of nitrogens with zero attached hydrogens (tertiary/aromatic N) is 1. The molecule has 3 nitrogen and oxygen atoms in total. The van der Waals surface area contributed by atoms with Crippen molar-refractivity contribution in [3.8, 4) is 0 Å². The van der Waals surface area contributed by atoms with E-state index >= 15 is 0 Å². The van der Waals surface area contributed by atoms with Gasteiger partial charge in [-0.15, -0.1) is 0 Å². The summed E-state index contributed by atoms with van der Waals surface area (Å²) in [4.78, 5) is 0. The van der Waals surface area contributed by atoms with Crippen LogP contribution in [0.1, 0.15) is 19.4 Å². The number of benzene rings is 1. The molecule has 1 aromatic rings. The second-order valence-electron chi connectivity index (χ2n) is 4.63. The van der Waals surface area contributed by atoms with Gasteiger partial charge < -0.3 is 0 Å². The lowest BCUT2D eigenvalue weighted by Crippen LogP contribution is -2.41. The number of rotatable bonds is 3. The van der Waals surface area contributed by atoms with Crippen molar-refractivity contribution in [1.29, 1.82) is 0 Å². The molecule has 0 radical (unpaired) electrons. The molecule has 0 saturated carbocycles. The average molecular weight is 239 g/mol. The third-order valence-corrected chi connectivity index (χ3v) is 4.17. The van der Waals surface area contributed by atoms with E-state index in [4.69, 9.17) is 4.18 Å². The highest BCUT2D eigenvalue weighted by molar-refractivity contribution is 7.78. The number of hydrogen-bond donors (Lipinski definition) is 0. The molecule has 2 rings (SSSR count). The summed E-state index contributed by atoms with van der Waals surface area (Å²) in [6.07, 6.45) is 0.902. The summed E-state index contributed by atoms with van der Waals surface area (Å²) in [5.41, 5.74) is 1.14. The van der Waals surface area contributed by atoms with Crippen LogP contribution in [0.5, 0.6) is 0 Å². The van der Waals surface area contributed by atoms with Crippen LogP contribution >= 0.6 is 0 Å². The molecule has 1 unspecified atom stereocenters. The molecule has 88 valence electrons. The van der Waals surface area contributed by atoms with Gasteiger partial charge in [0.05, 0.1) is 12.1 Å². The van der Waals surface area contributed by atoms with E-state index in [0.717, 1.165) is 13.0 Å². The topological polar surface area (TPSA) is 29.5 Å².